The van der Waals surface area contributed by atoms with Crippen LogP contribution in [0.5, 0.6) is 11.5 Å². The molecule has 12 aromatic rings. The molecule has 5 nitrogen and oxygen atoms in total. The molecule has 0 aliphatic carbocycles. The SMILES string of the molecule is CC(C)(C)c1ccnc(-n2c3ccccc3c3ccc(Oc4cc(-c5cc(-c6ccccc6)cc(-c6ccccc6)c5)cc([N+]5=C=[N+](c6c(-c7ccc(F)cc7)cc(C(C)(C)C)cc6-c6ccc(F)cc6)c6ccccc65)c4)cc32)c1. The Kier molecular flexibility index (Phi) is 12.6. The smallest absolute Gasteiger partial charge is 0.457 e. The molecule has 0 N–H and O–H groups in total. The van der Waals surface area contributed by atoms with Crippen LogP contribution in [0, 0.1) is 11.6 Å². The van der Waals surface area contributed by atoms with Gasteiger partial charge in [-0.2, -0.15) is 0 Å². The van der Waals surface area contributed by atoms with E-state index >= 15 is 0 Å². The highest BCUT2D eigenvalue weighted by Gasteiger charge is 2.40. The van der Waals surface area contributed by atoms with Crippen LogP contribution < -0.4 is 13.9 Å². The molecule has 3 heterocycles. The molecular formula is C74H58F2N4O+2. The van der Waals surface area contributed by atoms with Crippen molar-refractivity contribution in [3.63, 3.8) is 0 Å². The maximum Gasteiger partial charge on any atom is 0.503 e. The largest absolute Gasteiger partial charge is 0.503 e. The second-order valence-corrected chi connectivity index (χ2v) is 23.0. The first-order valence-corrected chi connectivity index (χ1v) is 27.5. The van der Waals surface area contributed by atoms with Crippen LogP contribution in [0.15, 0.2) is 243 Å². The molecule has 0 unspecified atom stereocenters. The maximum atomic E-state index is 14.8. The van der Waals surface area contributed by atoms with Crippen molar-refractivity contribution in [3.8, 4) is 73.0 Å². The van der Waals surface area contributed by atoms with Crippen molar-refractivity contribution >= 4 is 50.6 Å². The maximum absolute atomic E-state index is 14.8. The summed E-state index contributed by atoms with van der Waals surface area (Å²) in [6, 6.07) is 83.1. The van der Waals surface area contributed by atoms with Gasteiger partial charge in [-0.15, -0.1) is 0 Å². The van der Waals surface area contributed by atoms with E-state index in [1.54, 1.807) is 0 Å². The van der Waals surface area contributed by atoms with Crippen LogP contribution in [0.3, 0.4) is 0 Å². The molecule has 1 aliphatic heterocycles. The van der Waals surface area contributed by atoms with Crippen molar-refractivity contribution in [3.05, 3.63) is 266 Å². The first-order valence-electron chi connectivity index (χ1n) is 27.5. The predicted molar refractivity (Wildman–Crippen MR) is 330 cm³/mol. The summed E-state index contributed by atoms with van der Waals surface area (Å²) < 4.78 is 43.2. The number of ether oxygens (including phenoxy) is 1. The van der Waals surface area contributed by atoms with E-state index < -0.39 is 0 Å². The van der Waals surface area contributed by atoms with Crippen LogP contribution in [0.2, 0.25) is 0 Å². The van der Waals surface area contributed by atoms with Crippen LogP contribution in [0.1, 0.15) is 52.7 Å². The molecule has 0 fully saturated rings. The number of pyridine rings is 1. The number of para-hydroxylation sites is 3. The monoisotopic (exact) mass is 1060 g/mol. The Morgan fingerprint density at radius 1 is 0.407 bits per heavy atom. The zero-order chi connectivity index (χ0) is 55.6. The lowest BCUT2D eigenvalue weighted by Crippen LogP contribution is -2.13. The van der Waals surface area contributed by atoms with Crippen molar-refractivity contribution < 1.29 is 13.5 Å². The molecule has 0 saturated heterocycles. The fourth-order valence-corrected chi connectivity index (χ4v) is 11.2. The Hall–Kier alpha value is -9.81. The second-order valence-electron chi connectivity index (χ2n) is 23.0. The summed E-state index contributed by atoms with van der Waals surface area (Å²) in [6.45, 7) is 13.2. The van der Waals surface area contributed by atoms with Crippen molar-refractivity contribution in [2.24, 2.45) is 0 Å². The highest BCUT2D eigenvalue weighted by Crippen LogP contribution is 2.48. The van der Waals surface area contributed by atoms with Crippen molar-refractivity contribution in [1.29, 1.82) is 0 Å². The van der Waals surface area contributed by atoms with Gasteiger partial charge in [-0.05, 0) is 167 Å². The first-order chi connectivity index (χ1) is 39.2. The number of rotatable bonds is 10. The third-order valence-corrected chi connectivity index (χ3v) is 15.4. The Labute approximate surface area is 471 Å². The van der Waals surface area contributed by atoms with Gasteiger partial charge >= 0.3 is 6.01 Å². The van der Waals surface area contributed by atoms with Crippen LogP contribution in [-0.4, -0.2) is 15.6 Å². The molecule has 0 atom stereocenters. The summed E-state index contributed by atoms with van der Waals surface area (Å²) in [5, 5.41) is 2.22. The number of nitrogens with zero attached hydrogens (tertiary/aromatic N) is 4. The topological polar surface area (TPSA) is 33.1 Å². The number of halogens is 2. The van der Waals surface area contributed by atoms with E-state index in [2.05, 4.69) is 219 Å². The molecule has 10 aromatic carbocycles. The van der Waals surface area contributed by atoms with E-state index in [9.17, 15) is 8.78 Å². The summed E-state index contributed by atoms with van der Waals surface area (Å²) >= 11 is 0. The van der Waals surface area contributed by atoms with Gasteiger partial charge in [0.25, 0.3) is 11.4 Å². The third-order valence-electron chi connectivity index (χ3n) is 15.4. The highest BCUT2D eigenvalue weighted by atomic mass is 19.1. The zero-order valence-electron chi connectivity index (χ0n) is 46.0. The Morgan fingerprint density at radius 3 is 1.52 bits per heavy atom. The van der Waals surface area contributed by atoms with E-state index in [1.807, 2.05) is 60.8 Å². The molecule has 392 valence electrons. The van der Waals surface area contributed by atoms with Gasteiger partial charge in [-0.1, -0.05) is 157 Å². The minimum absolute atomic E-state index is 0.0790. The number of hydrogen-bond acceptors (Lipinski definition) is 2. The van der Waals surface area contributed by atoms with E-state index in [4.69, 9.17) is 9.72 Å². The summed E-state index contributed by atoms with van der Waals surface area (Å²) in [5.41, 5.74) is 17.1. The quantitative estimate of drug-likeness (QED) is 0.128. The fourth-order valence-electron chi connectivity index (χ4n) is 11.2. The third kappa shape index (κ3) is 9.73. The Balaban J connectivity index is 1.06. The minimum Gasteiger partial charge on any atom is -0.457 e. The van der Waals surface area contributed by atoms with Crippen molar-refractivity contribution in [2.45, 2.75) is 52.4 Å². The normalized spacial score (nSPS) is 12.4. The van der Waals surface area contributed by atoms with Crippen LogP contribution >= 0.6 is 0 Å². The summed E-state index contributed by atoms with van der Waals surface area (Å²) in [4.78, 5) is 4.96. The number of benzene rings is 10. The fraction of sp³-hybridized carbons (Fsp3) is 0.108. The zero-order valence-corrected chi connectivity index (χ0v) is 46.0. The van der Waals surface area contributed by atoms with E-state index in [-0.39, 0.29) is 22.5 Å². The van der Waals surface area contributed by atoms with Crippen molar-refractivity contribution in [2.75, 3.05) is 0 Å². The molecule has 0 bridgehead atoms. The molecule has 81 heavy (non-hydrogen) atoms. The summed E-state index contributed by atoms with van der Waals surface area (Å²) in [6.07, 6.45) is 1.90. The highest BCUT2D eigenvalue weighted by molar-refractivity contribution is 6.09. The van der Waals surface area contributed by atoms with Crippen LogP contribution in [-0.2, 0) is 10.8 Å². The van der Waals surface area contributed by atoms with Gasteiger partial charge in [-0.25, -0.2) is 13.8 Å². The van der Waals surface area contributed by atoms with Gasteiger partial charge in [0.1, 0.15) is 29.0 Å². The summed E-state index contributed by atoms with van der Waals surface area (Å²) in [7, 11) is 0. The minimum atomic E-state index is -0.324. The molecule has 0 amide bonds. The Bertz CT molecular complexity index is 4360. The molecule has 0 radical (unpaired) electrons. The standard InChI is InChI=1S/C74H58F2N4O/c1-73(2,3)56-35-36-77-71(44-56)80-67-22-14-13-21-63(67)64-34-33-61(46-70(64)80)81-62-41-55(54-38-52(48-17-9-7-10-18-48)37-53(39-54)49-19-11-8-12-20-49)40-60(45-62)78-47-79(69-24-16-15-23-68(69)78)72-65(50-25-29-58(75)30-26-50)42-57(74(4,5)6)43-66(72)51-27-31-59(76)32-28-51/h7-46H,1-6H3/q+2. The van der Waals surface area contributed by atoms with Crippen LogP contribution in [0.4, 0.5) is 31.5 Å². The first kappa shape index (κ1) is 50.7. The number of hydrogen-bond donors (Lipinski definition) is 0. The molecule has 1 aliphatic rings. The van der Waals surface area contributed by atoms with Gasteiger partial charge in [0, 0.05) is 41.2 Å². The predicted octanol–water partition coefficient (Wildman–Crippen LogP) is 20.0. The van der Waals surface area contributed by atoms with Gasteiger partial charge in [-0.3, -0.25) is 4.57 Å². The van der Waals surface area contributed by atoms with E-state index in [1.165, 1.54) is 29.8 Å². The van der Waals surface area contributed by atoms with E-state index in [0.29, 0.717) is 11.5 Å². The van der Waals surface area contributed by atoms with E-state index in [0.717, 1.165) is 112 Å². The molecule has 0 saturated carbocycles. The molecular weight excluding hydrogens is 999 g/mol. The lowest BCUT2D eigenvalue weighted by molar-refractivity contribution is 0.483. The lowest BCUT2D eigenvalue weighted by atomic mass is 9.82. The second kappa shape index (κ2) is 20.1. The van der Waals surface area contributed by atoms with Crippen LogP contribution in [0.25, 0.3) is 83.3 Å². The van der Waals surface area contributed by atoms with Gasteiger partial charge < -0.3 is 4.74 Å². The van der Waals surface area contributed by atoms with Crippen molar-refractivity contribution in [1.82, 2.24) is 18.7 Å². The lowest BCUT2D eigenvalue weighted by Gasteiger charge is -2.22. The number of fused-ring (bicyclic) bond motifs is 4. The number of aromatic nitrogens is 2. The molecule has 7 heteroatoms. The van der Waals surface area contributed by atoms with Gasteiger partial charge in [0.2, 0.25) is 11.4 Å². The Morgan fingerprint density at radius 2 is 0.926 bits per heavy atom. The van der Waals surface area contributed by atoms with Gasteiger partial charge in [0.15, 0.2) is 0 Å². The average Bonchev–Trinajstić information content (AvgIpc) is 4.28. The molecule has 0 spiro atoms. The average molecular weight is 1060 g/mol. The van der Waals surface area contributed by atoms with Gasteiger partial charge in [0.05, 0.1) is 28.2 Å². The molecule has 2 aromatic heterocycles. The molecule has 13 rings (SSSR count). The summed E-state index contributed by atoms with van der Waals surface area (Å²) in [5.74, 6) is 1.47.